The van der Waals surface area contributed by atoms with E-state index in [2.05, 4.69) is 15.4 Å². The Morgan fingerprint density at radius 2 is 2.12 bits per heavy atom. The summed E-state index contributed by atoms with van der Waals surface area (Å²) in [5.41, 5.74) is 1.40. The number of fused-ring (bicyclic) bond motifs is 1. The lowest BCUT2D eigenvalue weighted by Gasteiger charge is -2.07. The minimum atomic E-state index is -0.578. The topological polar surface area (TPSA) is 81.8 Å². The molecule has 0 aliphatic carbocycles. The first-order valence-corrected chi connectivity index (χ1v) is 7.38. The second kappa shape index (κ2) is 6.04. The van der Waals surface area contributed by atoms with Crippen molar-refractivity contribution in [1.82, 2.24) is 19.3 Å². The number of aromatic nitrogens is 4. The molecule has 0 aliphatic heterocycles. The van der Waals surface area contributed by atoms with Crippen LogP contribution in [0.25, 0.3) is 11.0 Å². The average Bonchev–Trinajstić information content (AvgIpc) is 2.82. The van der Waals surface area contributed by atoms with E-state index in [0.29, 0.717) is 11.2 Å². The second-order valence-corrected chi connectivity index (χ2v) is 5.67. The second-order valence-electron chi connectivity index (χ2n) is 5.26. The zero-order valence-electron chi connectivity index (χ0n) is 12.9. The maximum atomic E-state index is 13.1. The Morgan fingerprint density at radius 1 is 1.38 bits per heavy atom. The van der Waals surface area contributed by atoms with Crippen LogP contribution >= 0.6 is 11.6 Å². The van der Waals surface area contributed by atoms with Gasteiger partial charge in [0.2, 0.25) is 5.91 Å². The SMILES string of the molecule is Cc1c2ncn(CC(=O)Nc3ccc(F)c(Cl)c3)c(=O)c2nn1C. The van der Waals surface area contributed by atoms with Gasteiger partial charge in [-0.05, 0) is 25.1 Å². The first-order valence-electron chi connectivity index (χ1n) is 7.00. The number of carbonyl (C=O) groups excluding carboxylic acids is 1. The maximum Gasteiger partial charge on any atom is 0.282 e. The fraction of sp³-hybridized carbons (Fsp3) is 0.200. The molecule has 0 atom stereocenters. The van der Waals surface area contributed by atoms with Gasteiger partial charge in [0.05, 0.1) is 17.0 Å². The number of amides is 1. The number of halogens is 2. The Morgan fingerprint density at radius 3 is 2.83 bits per heavy atom. The predicted octanol–water partition coefficient (Wildman–Crippen LogP) is 1.87. The van der Waals surface area contributed by atoms with Gasteiger partial charge in [-0.15, -0.1) is 0 Å². The van der Waals surface area contributed by atoms with Crippen LogP contribution < -0.4 is 10.9 Å². The lowest BCUT2D eigenvalue weighted by molar-refractivity contribution is -0.116. The zero-order chi connectivity index (χ0) is 17.4. The van der Waals surface area contributed by atoms with Crippen LogP contribution in [0.4, 0.5) is 10.1 Å². The molecule has 0 saturated heterocycles. The van der Waals surface area contributed by atoms with Crippen molar-refractivity contribution in [3.63, 3.8) is 0 Å². The van der Waals surface area contributed by atoms with E-state index >= 15 is 0 Å². The molecule has 3 rings (SSSR count). The van der Waals surface area contributed by atoms with Gasteiger partial charge in [0.25, 0.3) is 5.56 Å². The number of benzene rings is 1. The van der Waals surface area contributed by atoms with E-state index in [4.69, 9.17) is 11.6 Å². The first-order chi connectivity index (χ1) is 11.4. The molecule has 0 spiro atoms. The number of hydrogen-bond donors (Lipinski definition) is 1. The van der Waals surface area contributed by atoms with Crippen LogP contribution in [0.5, 0.6) is 0 Å². The van der Waals surface area contributed by atoms with E-state index in [-0.39, 0.29) is 17.1 Å². The van der Waals surface area contributed by atoms with Gasteiger partial charge >= 0.3 is 0 Å². The third kappa shape index (κ3) is 2.88. The maximum absolute atomic E-state index is 13.1. The van der Waals surface area contributed by atoms with E-state index in [1.54, 1.807) is 18.7 Å². The monoisotopic (exact) mass is 349 g/mol. The summed E-state index contributed by atoms with van der Waals surface area (Å²) >= 11 is 5.66. The standard InChI is InChI=1S/C15H13ClFN5O2/c1-8-13-14(20-21(8)2)15(24)22(7-18-13)6-12(23)19-9-3-4-11(17)10(16)5-9/h3-5,7H,6H2,1-2H3,(H,19,23). The van der Waals surface area contributed by atoms with E-state index in [1.807, 2.05) is 0 Å². The molecule has 0 bridgehead atoms. The van der Waals surface area contributed by atoms with E-state index in [0.717, 1.165) is 16.3 Å². The highest BCUT2D eigenvalue weighted by molar-refractivity contribution is 6.31. The Kier molecular flexibility index (Phi) is 4.06. The summed E-state index contributed by atoms with van der Waals surface area (Å²) in [5, 5.41) is 6.56. The van der Waals surface area contributed by atoms with Gasteiger partial charge in [0.15, 0.2) is 5.52 Å². The van der Waals surface area contributed by atoms with Crippen LogP contribution in [0.15, 0.2) is 29.3 Å². The third-order valence-corrected chi connectivity index (χ3v) is 3.90. The molecule has 1 aromatic carbocycles. The molecule has 9 heteroatoms. The predicted molar refractivity (Wildman–Crippen MR) is 87.5 cm³/mol. The summed E-state index contributed by atoms with van der Waals surface area (Å²) < 4.78 is 15.8. The summed E-state index contributed by atoms with van der Waals surface area (Å²) in [7, 11) is 1.71. The van der Waals surface area contributed by atoms with Gasteiger partial charge in [0.1, 0.15) is 17.9 Å². The third-order valence-electron chi connectivity index (χ3n) is 3.61. The Balaban J connectivity index is 1.84. The van der Waals surface area contributed by atoms with Crippen molar-refractivity contribution >= 4 is 34.2 Å². The van der Waals surface area contributed by atoms with Gasteiger partial charge in [-0.2, -0.15) is 5.10 Å². The summed E-state index contributed by atoms with van der Waals surface area (Å²) in [5.74, 6) is -1.04. The Bertz CT molecular complexity index is 1010. The normalized spacial score (nSPS) is 11.0. The van der Waals surface area contributed by atoms with Crippen LogP contribution in [0.2, 0.25) is 5.02 Å². The highest BCUT2D eigenvalue weighted by Gasteiger charge is 2.14. The van der Waals surface area contributed by atoms with Crippen LogP contribution in [-0.2, 0) is 18.4 Å². The summed E-state index contributed by atoms with van der Waals surface area (Å²) in [6, 6.07) is 3.82. The van der Waals surface area contributed by atoms with Crippen molar-refractivity contribution in [3.05, 3.63) is 51.4 Å². The van der Waals surface area contributed by atoms with Crippen molar-refractivity contribution < 1.29 is 9.18 Å². The molecule has 0 aliphatic rings. The number of anilines is 1. The molecule has 0 radical (unpaired) electrons. The molecule has 0 unspecified atom stereocenters. The van der Waals surface area contributed by atoms with Crippen molar-refractivity contribution in [3.8, 4) is 0 Å². The van der Waals surface area contributed by atoms with Gasteiger partial charge in [-0.25, -0.2) is 9.37 Å². The van der Waals surface area contributed by atoms with Crippen LogP contribution in [0, 0.1) is 12.7 Å². The number of rotatable bonds is 3. The van der Waals surface area contributed by atoms with Crippen molar-refractivity contribution in [2.24, 2.45) is 7.05 Å². The minimum absolute atomic E-state index is 0.1000. The van der Waals surface area contributed by atoms with Gasteiger partial charge in [-0.3, -0.25) is 18.8 Å². The van der Waals surface area contributed by atoms with Crippen LogP contribution in [-0.4, -0.2) is 25.2 Å². The summed E-state index contributed by atoms with van der Waals surface area (Å²) in [4.78, 5) is 28.6. The Labute approximate surface area is 140 Å². The van der Waals surface area contributed by atoms with Gasteiger partial charge < -0.3 is 5.32 Å². The molecule has 2 heterocycles. The number of carbonyl (C=O) groups is 1. The summed E-state index contributed by atoms with van der Waals surface area (Å²) in [6.07, 6.45) is 1.30. The quantitative estimate of drug-likeness (QED) is 0.782. The first kappa shape index (κ1) is 16.1. The molecule has 2 aromatic heterocycles. The van der Waals surface area contributed by atoms with Crippen molar-refractivity contribution in [2.75, 3.05) is 5.32 Å². The molecular formula is C15H13ClFN5O2. The molecule has 1 amide bonds. The molecule has 0 saturated carbocycles. The molecule has 3 aromatic rings. The molecule has 124 valence electrons. The number of nitrogens with zero attached hydrogens (tertiary/aromatic N) is 4. The lowest BCUT2D eigenvalue weighted by atomic mass is 10.3. The van der Waals surface area contributed by atoms with E-state index < -0.39 is 17.3 Å². The molecular weight excluding hydrogens is 337 g/mol. The van der Waals surface area contributed by atoms with Crippen LogP contribution in [0.3, 0.4) is 0 Å². The molecule has 1 N–H and O–H groups in total. The highest BCUT2D eigenvalue weighted by Crippen LogP contribution is 2.19. The number of hydrogen-bond acceptors (Lipinski definition) is 4. The van der Waals surface area contributed by atoms with Gasteiger partial charge in [0, 0.05) is 12.7 Å². The number of aryl methyl sites for hydroxylation is 2. The van der Waals surface area contributed by atoms with Crippen LogP contribution in [0.1, 0.15) is 5.69 Å². The average molecular weight is 350 g/mol. The molecule has 0 fully saturated rings. The van der Waals surface area contributed by atoms with Crippen molar-refractivity contribution in [2.45, 2.75) is 13.5 Å². The largest absolute Gasteiger partial charge is 0.324 e. The number of nitrogens with one attached hydrogen (secondary N) is 1. The molecule has 24 heavy (non-hydrogen) atoms. The van der Waals surface area contributed by atoms with E-state index in [9.17, 15) is 14.0 Å². The highest BCUT2D eigenvalue weighted by atomic mass is 35.5. The zero-order valence-corrected chi connectivity index (χ0v) is 13.6. The Hall–Kier alpha value is -2.74. The molecule has 7 nitrogen and oxygen atoms in total. The van der Waals surface area contributed by atoms with Crippen molar-refractivity contribution in [1.29, 1.82) is 0 Å². The fourth-order valence-electron chi connectivity index (χ4n) is 2.25. The van der Waals surface area contributed by atoms with Gasteiger partial charge in [-0.1, -0.05) is 11.6 Å². The smallest absolute Gasteiger partial charge is 0.282 e. The lowest BCUT2D eigenvalue weighted by Crippen LogP contribution is -2.28. The fourth-order valence-corrected chi connectivity index (χ4v) is 2.43. The minimum Gasteiger partial charge on any atom is -0.324 e. The van der Waals surface area contributed by atoms with E-state index in [1.165, 1.54) is 18.5 Å². The summed E-state index contributed by atoms with van der Waals surface area (Å²) in [6.45, 7) is 1.56.